The number of nitrogens with one attached hydrogen (secondary N) is 2. The molecule has 1 amide bonds. The molecule has 0 unspecified atom stereocenters. The van der Waals surface area contributed by atoms with E-state index < -0.39 is 19.0 Å². The lowest BCUT2D eigenvalue weighted by Crippen LogP contribution is -2.42. The Morgan fingerprint density at radius 3 is 2.79 bits per heavy atom. The average Bonchev–Trinajstić information content (AvgIpc) is 2.63. The van der Waals surface area contributed by atoms with E-state index in [1.165, 1.54) is 12.1 Å². The lowest BCUT2D eigenvalue weighted by Gasteiger charge is -2.26. The molecule has 1 heterocycles. The van der Waals surface area contributed by atoms with Gasteiger partial charge in [0, 0.05) is 30.4 Å². The molecule has 7 nitrogen and oxygen atoms in total. The van der Waals surface area contributed by atoms with Crippen molar-refractivity contribution in [1.29, 1.82) is 0 Å². The minimum atomic E-state index is -0.783. The SMILES string of the molecule is CC(C)C[C@H](CC(=O)CNC(=O)c1cc(Cl)ccc1Cl)B1OCCNCC(=O)O1. The Hall–Kier alpha value is -1.61. The Balaban J connectivity index is 1.97. The van der Waals surface area contributed by atoms with Crippen LogP contribution >= 0.6 is 23.2 Å². The van der Waals surface area contributed by atoms with Crippen LogP contribution in [-0.4, -0.2) is 51.0 Å². The highest BCUT2D eigenvalue weighted by atomic mass is 35.5. The fourth-order valence-corrected chi connectivity index (χ4v) is 3.46. The van der Waals surface area contributed by atoms with Gasteiger partial charge in [-0.2, -0.15) is 0 Å². The zero-order valence-electron chi connectivity index (χ0n) is 16.5. The van der Waals surface area contributed by atoms with Crippen LogP contribution in [0.15, 0.2) is 18.2 Å². The number of amides is 1. The first kappa shape index (κ1) is 23.7. The minimum Gasteiger partial charge on any atom is -0.508 e. The Bertz CT molecular complexity index is 747. The molecule has 1 aromatic rings. The third-order valence-electron chi connectivity index (χ3n) is 4.35. The van der Waals surface area contributed by atoms with Gasteiger partial charge in [0.2, 0.25) is 0 Å². The van der Waals surface area contributed by atoms with Gasteiger partial charge in [-0.1, -0.05) is 37.0 Å². The van der Waals surface area contributed by atoms with Gasteiger partial charge >= 0.3 is 13.1 Å². The summed E-state index contributed by atoms with van der Waals surface area (Å²) in [6, 6.07) is 4.55. The van der Waals surface area contributed by atoms with E-state index in [-0.39, 0.29) is 47.6 Å². The first-order valence-electron chi connectivity index (χ1n) is 9.53. The molecule has 0 radical (unpaired) electrons. The van der Waals surface area contributed by atoms with Gasteiger partial charge in [-0.3, -0.25) is 14.4 Å². The van der Waals surface area contributed by atoms with Gasteiger partial charge in [0.15, 0.2) is 5.78 Å². The van der Waals surface area contributed by atoms with Crippen LogP contribution < -0.4 is 10.6 Å². The van der Waals surface area contributed by atoms with Gasteiger partial charge in [0.05, 0.1) is 23.7 Å². The Morgan fingerprint density at radius 1 is 1.31 bits per heavy atom. The molecule has 0 aromatic heterocycles. The van der Waals surface area contributed by atoms with E-state index in [0.717, 1.165) is 0 Å². The summed E-state index contributed by atoms with van der Waals surface area (Å²) >= 11 is 11.9. The normalized spacial score (nSPS) is 16.0. The summed E-state index contributed by atoms with van der Waals surface area (Å²) in [4.78, 5) is 36.6. The standard InChI is InChI=1S/C19H25BCl2N2O5/c1-12(2)7-13(20-28-6-5-23-11-18(26)29-20)8-15(25)10-24-19(27)16-9-14(21)3-4-17(16)22/h3-4,9,12-13,23H,5-8,10-11H2,1-2H3,(H,24,27)/t13-/m1/s1. The van der Waals surface area contributed by atoms with Crippen LogP contribution in [0.4, 0.5) is 0 Å². The van der Waals surface area contributed by atoms with Crippen molar-refractivity contribution >= 4 is 48.0 Å². The molecule has 2 rings (SSSR count). The van der Waals surface area contributed by atoms with Gasteiger partial charge in [-0.25, -0.2) is 0 Å². The topological polar surface area (TPSA) is 93.7 Å². The molecular formula is C19H25BCl2N2O5. The first-order chi connectivity index (χ1) is 13.8. The highest BCUT2D eigenvalue weighted by Crippen LogP contribution is 2.27. The van der Waals surface area contributed by atoms with E-state index >= 15 is 0 Å². The monoisotopic (exact) mass is 442 g/mol. The number of hydrogen-bond acceptors (Lipinski definition) is 6. The molecule has 1 aliphatic heterocycles. The average molecular weight is 443 g/mol. The molecule has 0 spiro atoms. The third kappa shape index (κ3) is 7.97. The Morgan fingerprint density at radius 2 is 2.07 bits per heavy atom. The number of benzene rings is 1. The van der Waals surface area contributed by atoms with E-state index in [4.69, 9.17) is 32.5 Å². The molecule has 158 valence electrons. The molecule has 1 fully saturated rings. The summed E-state index contributed by atoms with van der Waals surface area (Å²) in [6.07, 6.45) is 0.762. The number of carbonyl (C=O) groups excluding carboxylic acids is 3. The number of ketones is 1. The van der Waals surface area contributed by atoms with Gasteiger partial charge in [-0.15, -0.1) is 0 Å². The molecule has 1 saturated heterocycles. The smallest absolute Gasteiger partial charge is 0.508 e. The van der Waals surface area contributed by atoms with Crippen molar-refractivity contribution < 1.29 is 23.7 Å². The maximum Gasteiger partial charge on any atom is 0.531 e. The molecule has 1 aliphatic rings. The van der Waals surface area contributed by atoms with Crippen molar-refractivity contribution in [2.75, 3.05) is 26.2 Å². The van der Waals surface area contributed by atoms with Crippen LogP contribution in [0.2, 0.25) is 15.9 Å². The fourth-order valence-electron chi connectivity index (χ4n) is 3.08. The number of Topliss-reactive ketones (excluding diaryl/α,β-unsaturated/α-hetero) is 1. The highest BCUT2D eigenvalue weighted by molar-refractivity contribution is 6.49. The van der Waals surface area contributed by atoms with Gasteiger partial charge in [-0.05, 0) is 30.5 Å². The molecule has 1 aromatic carbocycles. The van der Waals surface area contributed by atoms with Crippen molar-refractivity contribution in [1.82, 2.24) is 10.6 Å². The zero-order valence-corrected chi connectivity index (χ0v) is 18.0. The molecule has 0 aliphatic carbocycles. The van der Waals surface area contributed by atoms with Crippen molar-refractivity contribution in [3.05, 3.63) is 33.8 Å². The van der Waals surface area contributed by atoms with Crippen LogP contribution in [0.5, 0.6) is 0 Å². The fraction of sp³-hybridized carbons (Fsp3) is 0.526. The third-order valence-corrected chi connectivity index (χ3v) is 4.91. The molecule has 0 bridgehead atoms. The van der Waals surface area contributed by atoms with E-state index in [2.05, 4.69) is 10.6 Å². The number of rotatable bonds is 8. The quantitative estimate of drug-likeness (QED) is 0.601. The van der Waals surface area contributed by atoms with Crippen molar-refractivity contribution in [3.8, 4) is 0 Å². The zero-order chi connectivity index (χ0) is 21.4. The van der Waals surface area contributed by atoms with E-state index in [1.807, 2.05) is 13.8 Å². The Kier molecular flexibility index (Phi) is 9.43. The number of halogens is 2. The van der Waals surface area contributed by atoms with Crippen LogP contribution in [0.25, 0.3) is 0 Å². The largest absolute Gasteiger partial charge is 0.531 e. The van der Waals surface area contributed by atoms with E-state index in [0.29, 0.717) is 24.6 Å². The predicted octanol–water partition coefficient (Wildman–Crippen LogP) is 2.75. The summed E-state index contributed by atoms with van der Waals surface area (Å²) in [7, 11) is -0.783. The minimum absolute atomic E-state index is 0.110. The second-order valence-electron chi connectivity index (χ2n) is 7.35. The van der Waals surface area contributed by atoms with Crippen LogP contribution in [0.3, 0.4) is 0 Å². The Labute approximate surface area is 180 Å². The molecule has 29 heavy (non-hydrogen) atoms. The second kappa shape index (κ2) is 11.5. The molecular weight excluding hydrogens is 418 g/mol. The maximum atomic E-state index is 12.5. The van der Waals surface area contributed by atoms with Crippen LogP contribution in [-0.2, 0) is 18.9 Å². The van der Waals surface area contributed by atoms with E-state index in [9.17, 15) is 14.4 Å². The second-order valence-corrected chi connectivity index (χ2v) is 8.19. The summed E-state index contributed by atoms with van der Waals surface area (Å²) in [5, 5.41) is 6.10. The van der Waals surface area contributed by atoms with Gasteiger partial charge in [0.1, 0.15) is 0 Å². The molecule has 10 heteroatoms. The first-order valence-corrected chi connectivity index (χ1v) is 10.3. The summed E-state index contributed by atoms with van der Waals surface area (Å²) in [5.41, 5.74) is 0.204. The number of hydrogen-bond donors (Lipinski definition) is 2. The summed E-state index contributed by atoms with van der Waals surface area (Å²) < 4.78 is 11.0. The highest BCUT2D eigenvalue weighted by Gasteiger charge is 2.36. The van der Waals surface area contributed by atoms with E-state index in [1.54, 1.807) is 6.07 Å². The molecule has 0 saturated carbocycles. The summed E-state index contributed by atoms with van der Waals surface area (Å²) in [5.74, 6) is -1.11. The lowest BCUT2D eigenvalue weighted by molar-refractivity contribution is -0.136. The molecule has 2 N–H and O–H groups in total. The maximum absolute atomic E-state index is 12.5. The van der Waals surface area contributed by atoms with Gasteiger partial charge in [0.25, 0.3) is 5.91 Å². The van der Waals surface area contributed by atoms with Gasteiger partial charge < -0.3 is 19.9 Å². The lowest BCUT2D eigenvalue weighted by atomic mass is 9.65. The predicted molar refractivity (Wildman–Crippen MR) is 112 cm³/mol. The van der Waals surface area contributed by atoms with Crippen molar-refractivity contribution in [3.63, 3.8) is 0 Å². The van der Waals surface area contributed by atoms with Crippen LogP contribution in [0, 0.1) is 5.92 Å². The van der Waals surface area contributed by atoms with Crippen molar-refractivity contribution in [2.45, 2.75) is 32.5 Å². The molecule has 1 atom stereocenters. The van der Waals surface area contributed by atoms with Crippen molar-refractivity contribution in [2.24, 2.45) is 5.92 Å². The van der Waals surface area contributed by atoms with Crippen LogP contribution in [0.1, 0.15) is 37.0 Å². The summed E-state index contributed by atoms with van der Waals surface area (Å²) in [6.45, 7) is 4.89. The number of carbonyl (C=O) groups is 3.